The van der Waals surface area contributed by atoms with Crippen LogP contribution < -0.4 is 11.1 Å². The number of nitrogens with one attached hydrogen (secondary N) is 1. The molecule has 0 saturated heterocycles. The van der Waals surface area contributed by atoms with E-state index in [4.69, 9.17) is 5.73 Å². The van der Waals surface area contributed by atoms with Crippen LogP contribution in [0.3, 0.4) is 0 Å². The van der Waals surface area contributed by atoms with Gasteiger partial charge in [-0.25, -0.2) is 0 Å². The summed E-state index contributed by atoms with van der Waals surface area (Å²) in [6, 6.07) is 5.87. The summed E-state index contributed by atoms with van der Waals surface area (Å²) < 4.78 is 0. The number of hydrogen-bond acceptors (Lipinski definition) is 3. The third kappa shape index (κ3) is 2.89. The van der Waals surface area contributed by atoms with Crippen LogP contribution in [-0.4, -0.2) is 30.9 Å². The molecule has 0 heterocycles. The Morgan fingerprint density at radius 1 is 1.40 bits per heavy atom. The Morgan fingerprint density at radius 2 is 2.10 bits per heavy atom. The Hall–Kier alpha value is -1.71. The van der Waals surface area contributed by atoms with Gasteiger partial charge in [-0.1, -0.05) is 20.3 Å². The summed E-state index contributed by atoms with van der Waals surface area (Å²) in [5, 5.41) is 3.54. The van der Waals surface area contributed by atoms with Gasteiger partial charge in [-0.15, -0.1) is 0 Å². The lowest BCUT2D eigenvalue weighted by Crippen LogP contribution is -2.31. The van der Waals surface area contributed by atoms with Gasteiger partial charge in [0.2, 0.25) is 0 Å². The van der Waals surface area contributed by atoms with Gasteiger partial charge in [0.1, 0.15) is 0 Å². The van der Waals surface area contributed by atoms with E-state index in [9.17, 15) is 4.79 Å². The molecule has 1 atom stereocenters. The van der Waals surface area contributed by atoms with Gasteiger partial charge in [0, 0.05) is 25.7 Å². The quantitative estimate of drug-likeness (QED) is 0.834. The maximum absolute atomic E-state index is 12.0. The second-order valence-corrected chi connectivity index (χ2v) is 6.58. The minimum atomic E-state index is -0.00117. The van der Waals surface area contributed by atoms with Crippen LogP contribution in [0.2, 0.25) is 0 Å². The Labute approximate surface area is 121 Å². The predicted octanol–water partition coefficient (Wildman–Crippen LogP) is 2.96. The molecule has 1 aromatic rings. The molecular formula is C16H25N3O. The lowest BCUT2D eigenvalue weighted by Gasteiger charge is -2.29. The third-order valence-electron chi connectivity index (χ3n) is 4.29. The average Bonchev–Trinajstić information content (AvgIpc) is 2.70. The topological polar surface area (TPSA) is 58.4 Å². The predicted molar refractivity (Wildman–Crippen MR) is 83.9 cm³/mol. The molecule has 0 radical (unpaired) electrons. The molecule has 4 nitrogen and oxygen atoms in total. The first-order valence-corrected chi connectivity index (χ1v) is 7.19. The zero-order valence-corrected chi connectivity index (χ0v) is 12.9. The van der Waals surface area contributed by atoms with Crippen LogP contribution in [0.5, 0.6) is 0 Å². The van der Waals surface area contributed by atoms with Crippen molar-refractivity contribution in [1.82, 2.24) is 4.90 Å². The van der Waals surface area contributed by atoms with Gasteiger partial charge in [0.05, 0.1) is 11.4 Å². The molecule has 1 aliphatic carbocycles. The van der Waals surface area contributed by atoms with E-state index in [2.05, 4.69) is 19.2 Å². The van der Waals surface area contributed by atoms with E-state index in [1.807, 2.05) is 6.07 Å². The highest BCUT2D eigenvalue weighted by Gasteiger charge is 2.34. The fourth-order valence-electron chi connectivity index (χ4n) is 2.85. The highest BCUT2D eigenvalue weighted by molar-refractivity contribution is 5.95. The first kappa shape index (κ1) is 14.7. The third-order valence-corrected chi connectivity index (χ3v) is 4.29. The SMILES string of the molecule is CN(C)C(=O)c1ccc(N)c(NC2CCCC2(C)C)c1. The van der Waals surface area contributed by atoms with E-state index in [0.717, 1.165) is 12.1 Å². The fourth-order valence-corrected chi connectivity index (χ4v) is 2.85. The molecule has 3 N–H and O–H groups in total. The van der Waals surface area contributed by atoms with E-state index in [-0.39, 0.29) is 11.3 Å². The maximum atomic E-state index is 12.0. The van der Waals surface area contributed by atoms with Crippen LogP contribution in [0.4, 0.5) is 11.4 Å². The Morgan fingerprint density at radius 3 is 2.65 bits per heavy atom. The number of benzene rings is 1. The summed E-state index contributed by atoms with van der Waals surface area (Å²) in [5.74, 6) is -0.00117. The molecule has 20 heavy (non-hydrogen) atoms. The minimum Gasteiger partial charge on any atom is -0.397 e. The van der Waals surface area contributed by atoms with Gasteiger partial charge in [-0.3, -0.25) is 4.79 Å². The molecule has 1 amide bonds. The molecular weight excluding hydrogens is 250 g/mol. The highest BCUT2D eigenvalue weighted by atomic mass is 16.2. The van der Waals surface area contributed by atoms with E-state index in [1.54, 1.807) is 31.1 Å². The van der Waals surface area contributed by atoms with Crippen molar-refractivity contribution in [2.24, 2.45) is 5.41 Å². The number of nitrogens with zero attached hydrogens (tertiary/aromatic N) is 1. The lowest BCUT2D eigenvalue weighted by atomic mass is 9.87. The fraction of sp³-hybridized carbons (Fsp3) is 0.562. The van der Waals surface area contributed by atoms with Crippen molar-refractivity contribution in [1.29, 1.82) is 0 Å². The van der Waals surface area contributed by atoms with Crippen molar-refractivity contribution in [3.05, 3.63) is 23.8 Å². The van der Waals surface area contributed by atoms with Crippen LogP contribution in [0.25, 0.3) is 0 Å². The van der Waals surface area contributed by atoms with Crippen molar-refractivity contribution < 1.29 is 4.79 Å². The summed E-state index contributed by atoms with van der Waals surface area (Å²) in [6.45, 7) is 4.56. The van der Waals surface area contributed by atoms with E-state index in [0.29, 0.717) is 17.3 Å². The molecule has 4 heteroatoms. The second-order valence-electron chi connectivity index (χ2n) is 6.58. The summed E-state index contributed by atoms with van der Waals surface area (Å²) in [6.07, 6.45) is 3.61. The van der Waals surface area contributed by atoms with Gasteiger partial charge in [-0.05, 0) is 36.5 Å². The molecule has 0 aromatic heterocycles. The molecule has 110 valence electrons. The van der Waals surface area contributed by atoms with Gasteiger partial charge in [0.15, 0.2) is 0 Å². The van der Waals surface area contributed by atoms with Crippen LogP contribution in [0, 0.1) is 5.41 Å². The summed E-state index contributed by atoms with van der Waals surface area (Å²) >= 11 is 0. The number of nitrogens with two attached hydrogens (primary N) is 1. The standard InChI is InChI=1S/C16H25N3O/c1-16(2)9-5-6-14(16)18-13-10-11(7-8-12(13)17)15(20)19(3)4/h7-8,10,14,18H,5-6,9,17H2,1-4H3. The molecule has 1 unspecified atom stereocenters. The van der Waals surface area contributed by atoms with Crippen LogP contribution >= 0.6 is 0 Å². The molecule has 0 aliphatic heterocycles. The van der Waals surface area contributed by atoms with E-state index >= 15 is 0 Å². The number of rotatable bonds is 3. The summed E-state index contributed by atoms with van der Waals surface area (Å²) in [7, 11) is 3.51. The van der Waals surface area contributed by atoms with Crippen molar-refractivity contribution in [2.45, 2.75) is 39.2 Å². The summed E-state index contributed by atoms with van der Waals surface area (Å²) in [5.41, 5.74) is 8.56. The normalized spacial score (nSPS) is 20.7. The Balaban J connectivity index is 2.23. The maximum Gasteiger partial charge on any atom is 0.253 e. The molecule has 2 rings (SSSR count). The van der Waals surface area contributed by atoms with Crippen molar-refractivity contribution in [3.8, 4) is 0 Å². The molecule has 1 aliphatic rings. The number of nitrogen functional groups attached to an aromatic ring is 1. The highest BCUT2D eigenvalue weighted by Crippen LogP contribution is 2.39. The van der Waals surface area contributed by atoms with E-state index in [1.165, 1.54) is 12.8 Å². The van der Waals surface area contributed by atoms with E-state index < -0.39 is 0 Å². The smallest absolute Gasteiger partial charge is 0.253 e. The lowest BCUT2D eigenvalue weighted by molar-refractivity contribution is 0.0827. The molecule has 0 bridgehead atoms. The van der Waals surface area contributed by atoms with Gasteiger partial charge < -0.3 is 16.0 Å². The Kier molecular flexibility index (Phi) is 3.93. The number of carbonyl (C=O) groups excluding carboxylic acids is 1. The molecule has 0 spiro atoms. The first-order chi connectivity index (χ1) is 9.31. The molecule has 1 fully saturated rings. The van der Waals surface area contributed by atoms with Crippen molar-refractivity contribution in [2.75, 3.05) is 25.1 Å². The number of anilines is 2. The van der Waals surface area contributed by atoms with Crippen LogP contribution in [-0.2, 0) is 0 Å². The zero-order chi connectivity index (χ0) is 14.9. The summed E-state index contributed by atoms with van der Waals surface area (Å²) in [4.78, 5) is 13.6. The van der Waals surface area contributed by atoms with Crippen molar-refractivity contribution >= 4 is 17.3 Å². The van der Waals surface area contributed by atoms with Crippen LogP contribution in [0.15, 0.2) is 18.2 Å². The number of amides is 1. The minimum absolute atomic E-state index is 0.00117. The largest absolute Gasteiger partial charge is 0.397 e. The first-order valence-electron chi connectivity index (χ1n) is 7.19. The average molecular weight is 275 g/mol. The zero-order valence-electron chi connectivity index (χ0n) is 12.9. The van der Waals surface area contributed by atoms with Gasteiger partial charge in [-0.2, -0.15) is 0 Å². The second kappa shape index (κ2) is 5.35. The number of carbonyl (C=O) groups is 1. The van der Waals surface area contributed by atoms with Gasteiger partial charge in [0.25, 0.3) is 5.91 Å². The van der Waals surface area contributed by atoms with Gasteiger partial charge >= 0.3 is 0 Å². The molecule has 1 saturated carbocycles. The number of hydrogen-bond donors (Lipinski definition) is 2. The Bertz CT molecular complexity index is 508. The monoisotopic (exact) mass is 275 g/mol. The van der Waals surface area contributed by atoms with Crippen molar-refractivity contribution in [3.63, 3.8) is 0 Å². The molecule has 1 aromatic carbocycles. The van der Waals surface area contributed by atoms with Crippen LogP contribution in [0.1, 0.15) is 43.5 Å².